The van der Waals surface area contributed by atoms with Crippen molar-refractivity contribution in [1.82, 2.24) is 10.3 Å². The van der Waals surface area contributed by atoms with E-state index in [1.54, 1.807) is 51.1 Å². The first-order valence-corrected chi connectivity index (χ1v) is 7.88. The van der Waals surface area contributed by atoms with E-state index in [0.717, 1.165) is 0 Å². The topological polar surface area (TPSA) is 114 Å². The Balaban J connectivity index is 2.30. The molecule has 7 nitrogen and oxygen atoms in total. The van der Waals surface area contributed by atoms with E-state index >= 15 is 0 Å². The molecular formula is C18H21N3O4. The van der Waals surface area contributed by atoms with Gasteiger partial charge in [-0.1, -0.05) is 30.3 Å². The van der Waals surface area contributed by atoms with Crippen LogP contribution in [-0.4, -0.2) is 29.4 Å². The third-order valence-electron chi connectivity index (χ3n) is 3.84. The van der Waals surface area contributed by atoms with Crippen molar-refractivity contribution >= 4 is 17.8 Å². The Hall–Kier alpha value is -3.09. The molecule has 0 saturated carbocycles. The van der Waals surface area contributed by atoms with Crippen LogP contribution in [0.1, 0.15) is 50.6 Å². The number of carbonyl (C=O) groups excluding carboxylic acids is 3. The lowest BCUT2D eigenvalue weighted by Gasteiger charge is -2.15. The van der Waals surface area contributed by atoms with Gasteiger partial charge in [0.1, 0.15) is 11.7 Å². The molecule has 2 rings (SSSR count). The number of esters is 1. The number of H-pyrrole nitrogens is 1. The smallest absolute Gasteiger partial charge is 0.340 e. The Labute approximate surface area is 145 Å². The SMILES string of the molecule is CCOC(=O)c1c(C)[nH]c(C(=O)NC(C(N)=O)c2ccccc2)c1C. The van der Waals surface area contributed by atoms with Crippen molar-refractivity contribution in [3.63, 3.8) is 0 Å². The first-order valence-electron chi connectivity index (χ1n) is 7.88. The Morgan fingerprint density at radius 2 is 1.84 bits per heavy atom. The molecule has 2 aromatic rings. The zero-order valence-electron chi connectivity index (χ0n) is 14.4. The molecule has 1 aromatic heterocycles. The first kappa shape index (κ1) is 18.3. The summed E-state index contributed by atoms with van der Waals surface area (Å²) in [5, 5.41) is 2.60. The van der Waals surface area contributed by atoms with Crippen molar-refractivity contribution in [3.05, 3.63) is 58.4 Å². The molecule has 1 unspecified atom stereocenters. The third kappa shape index (κ3) is 3.88. The fourth-order valence-electron chi connectivity index (χ4n) is 2.65. The van der Waals surface area contributed by atoms with E-state index in [1.807, 2.05) is 0 Å². The van der Waals surface area contributed by atoms with Crippen LogP contribution in [0.3, 0.4) is 0 Å². The second-order valence-electron chi connectivity index (χ2n) is 5.56. The minimum Gasteiger partial charge on any atom is -0.462 e. The van der Waals surface area contributed by atoms with E-state index in [4.69, 9.17) is 10.5 Å². The van der Waals surface area contributed by atoms with Crippen molar-refractivity contribution < 1.29 is 19.1 Å². The van der Waals surface area contributed by atoms with E-state index in [0.29, 0.717) is 22.4 Å². The van der Waals surface area contributed by atoms with Gasteiger partial charge in [-0.3, -0.25) is 9.59 Å². The van der Waals surface area contributed by atoms with Gasteiger partial charge >= 0.3 is 5.97 Å². The van der Waals surface area contributed by atoms with Crippen molar-refractivity contribution in [2.75, 3.05) is 6.61 Å². The number of carbonyl (C=O) groups is 3. The fourth-order valence-corrected chi connectivity index (χ4v) is 2.65. The van der Waals surface area contributed by atoms with Gasteiger partial charge in [-0.05, 0) is 31.9 Å². The molecule has 25 heavy (non-hydrogen) atoms. The van der Waals surface area contributed by atoms with Crippen LogP contribution in [0.25, 0.3) is 0 Å². The summed E-state index contributed by atoms with van der Waals surface area (Å²) >= 11 is 0. The molecular weight excluding hydrogens is 322 g/mol. The summed E-state index contributed by atoms with van der Waals surface area (Å²) in [6, 6.07) is 7.73. The maximum absolute atomic E-state index is 12.6. The molecule has 1 heterocycles. The molecule has 1 aromatic carbocycles. The zero-order chi connectivity index (χ0) is 18.6. The van der Waals surface area contributed by atoms with E-state index in [1.165, 1.54) is 0 Å². The van der Waals surface area contributed by atoms with Gasteiger partial charge in [0, 0.05) is 5.69 Å². The Morgan fingerprint density at radius 3 is 2.40 bits per heavy atom. The quantitative estimate of drug-likeness (QED) is 0.693. The monoisotopic (exact) mass is 343 g/mol. The number of nitrogens with two attached hydrogens (primary N) is 1. The number of aromatic nitrogens is 1. The number of ether oxygens (including phenoxy) is 1. The van der Waals surface area contributed by atoms with Crippen LogP contribution in [0.5, 0.6) is 0 Å². The van der Waals surface area contributed by atoms with Gasteiger partial charge in [-0.15, -0.1) is 0 Å². The van der Waals surface area contributed by atoms with Gasteiger partial charge in [-0.25, -0.2) is 4.79 Å². The Kier molecular flexibility index (Phi) is 5.59. The largest absolute Gasteiger partial charge is 0.462 e. The van der Waals surface area contributed by atoms with Crippen molar-refractivity contribution in [1.29, 1.82) is 0 Å². The number of hydrogen-bond donors (Lipinski definition) is 3. The summed E-state index contributed by atoms with van der Waals surface area (Å²) in [6.07, 6.45) is 0. The molecule has 0 fully saturated rings. The highest BCUT2D eigenvalue weighted by atomic mass is 16.5. The van der Waals surface area contributed by atoms with E-state index in [9.17, 15) is 14.4 Å². The van der Waals surface area contributed by atoms with Crippen LogP contribution in [0.4, 0.5) is 0 Å². The number of amides is 2. The average Bonchev–Trinajstić information content (AvgIpc) is 2.88. The number of nitrogens with one attached hydrogen (secondary N) is 2. The molecule has 0 bridgehead atoms. The predicted molar refractivity (Wildman–Crippen MR) is 92.1 cm³/mol. The molecule has 0 radical (unpaired) electrons. The second kappa shape index (κ2) is 7.65. The van der Waals surface area contributed by atoms with Crippen molar-refractivity contribution in [2.45, 2.75) is 26.8 Å². The van der Waals surface area contributed by atoms with Crippen molar-refractivity contribution in [2.24, 2.45) is 5.73 Å². The van der Waals surface area contributed by atoms with Crippen LogP contribution < -0.4 is 11.1 Å². The number of primary amides is 1. The zero-order valence-corrected chi connectivity index (χ0v) is 14.4. The van der Waals surface area contributed by atoms with E-state index in [-0.39, 0.29) is 12.3 Å². The van der Waals surface area contributed by atoms with Crippen LogP contribution in [-0.2, 0) is 9.53 Å². The standard InChI is InChI=1S/C18H21N3O4/c1-4-25-18(24)13-10(2)14(20-11(13)3)17(23)21-15(16(19)22)12-8-6-5-7-9-12/h5-9,15,20H,4H2,1-3H3,(H2,19,22)(H,21,23). The van der Waals surface area contributed by atoms with Gasteiger partial charge in [0.2, 0.25) is 5.91 Å². The third-order valence-corrected chi connectivity index (χ3v) is 3.84. The average molecular weight is 343 g/mol. The molecule has 0 aliphatic rings. The van der Waals surface area contributed by atoms with Gasteiger partial charge in [0.25, 0.3) is 5.91 Å². The van der Waals surface area contributed by atoms with Gasteiger partial charge < -0.3 is 20.8 Å². The molecule has 4 N–H and O–H groups in total. The maximum Gasteiger partial charge on any atom is 0.340 e. The number of benzene rings is 1. The predicted octanol–water partition coefficient (Wildman–Crippen LogP) is 1.76. The minimum atomic E-state index is -0.970. The summed E-state index contributed by atoms with van der Waals surface area (Å²) in [6.45, 7) is 5.27. The minimum absolute atomic E-state index is 0.197. The highest BCUT2D eigenvalue weighted by Crippen LogP contribution is 2.20. The summed E-state index contributed by atoms with van der Waals surface area (Å²) in [5.41, 5.74) is 7.50. The number of aryl methyl sites for hydroxylation is 1. The van der Waals surface area contributed by atoms with Crippen LogP contribution in [0.15, 0.2) is 30.3 Å². The van der Waals surface area contributed by atoms with Crippen LogP contribution >= 0.6 is 0 Å². The lowest BCUT2D eigenvalue weighted by atomic mass is 10.1. The highest BCUT2D eigenvalue weighted by molar-refractivity contribution is 6.02. The molecule has 7 heteroatoms. The summed E-state index contributed by atoms with van der Waals surface area (Å²) in [5.74, 6) is -1.70. The van der Waals surface area contributed by atoms with E-state index in [2.05, 4.69) is 10.3 Å². The lowest BCUT2D eigenvalue weighted by molar-refractivity contribution is -0.120. The lowest BCUT2D eigenvalue weighted by Crippen LogP contribution is -2.37. The molecule has 0 aliphatic heterocycles. The highest BCUT2D eigenvalue weighted by Gasteiger charge is 2.26. The molecule has 2 amide bonds. The number of aromatic amines is 1. The van der Waals surface area contributed by atoms with Gasteiger partial charge in [0.15, 0.2) is 0 Å². The second-order valence-corrected chi connectivity index (χ2v) is 5.56. The normalized spacial score (nSPS) is 11.6. The molecule has 132 valence electrons. The molecule has 0 aliphatic carbocycles. The van der Waals surface area contributed by atoms with Crippen LogP contribution in [0.2, 0.25) is 0 Å². The molecule has 0 saturated heterocycles. The van der Waals surface area contributed by atoms with E-state index < -0.39 is 23.8 Å². The molecule has 1 atom stereocenters. The Bertz CT molecular complexity index is 796. The fraction of sp³-hybridized carbons (Fsp3) is 0.278. The van der Waals surface area contributed by atoms with Gasteiger partial charge in [-0.2, -0.15) is 0 Å². The van der Waals surface area contributed by atoms with Gasteiger partial charge in [0.05, 0.1) is 12.2 Å². The van der Waals surface area contributed by atoms with Crippen molar-refractivity contribution in [3.8, 4) is 0 Å². The molecule has 0 spiro atoms. The number of hydrogen-bond acceptors (Lipinski definition) is 4. The number of rotatable bonds is 6. The first-order chi connectivity index (χ1) is 11.9. The summed E-state index contributed by atoms with van der Waals surface area (Å²) < 4.78 is 5.01. The summed E-state index contributed by atoms with van der Waals surface area (Å²) in [4.78, 5) is 39.2. The van der Waals surface area contributed by atoms with Crippen LogP contribution in [0, 0.1) is 13.8 Å². The maximum atomic E-state index is 12.6. The summed E-state index contributed by atoms with van der Waals surface area (Å²) in [7, 11) is 0. The Morgan fingerprint density at radius 1 is 1.20 bits per heavy atom.